The Balaban J connectivity index is 1.54. The molecule has 9 nitrogen and oxygen atoms in total. The Morgan fingerprint density at radius 1 is 1.34 bits per heavy atom. The van der Waals surface area contributed by atoms with E-state index in [1.54, 1.807) is 28.3 Å². The molecule has 2 unspecified atom stereocenters. The largest absolute Gasteiger partial charge is 0.481 e. The topological polar surface area (TPSA) is 107 Å². The van der Waals surface area contributed by atoms with Crippen LogP contribution in [0.4, 0.5) is 13.2 Å². The number of ether oxygens (including phenoxy) is 1. The summed E-state index contributed by atoms with van der Waals surface area (Å²) in [4.78, 5) is 37.0. The standard InChI is InChI=1S/C27H29ClF3N5O4S/c1-3-40-26(39)20-18(12-36-13-27(30,31)22-19(36)6-8-35(22)11-14(2)25(37)38)33-23(24-32-7-9-41-24)34-21(20)16-5-4-15(29)10-17(16)28/h4-5,7,9-10,14,19,21-22H,3,6,8,11-13H2,1-2H3,(H,33,34)(H,37,38)/t14?,19-,21?,22+/m0/s1. The molecule has 14 heteroatoms. The highest BCUT2D eigenvalue weighted by molar-refractivity contribution is 7.11. The molecule has 4 atom stereocenters. The van der Waals surface area contributed by atoms with E-state index in [1.165, 1.54) is 30.4 Å². The molecule has 1 aromatic heterocycles. The van der Waals surface area contributed by atoms with Gasteiger partial charge in [0.1, 0.15) is 11.9 Å². The van der Waals surface area contributed by atoms with Crippen LogP contribution in [0, 0.1) is 11.7 Å². The maximum atomic E-state index is 15.5. The average Bonchev–Trinajstić information content (AvgIpc) is 3.63. The van der Waals surface area contributed by atoms with Crippen molar-refractivity contribution in [2.45, 2.75) is 44.3 Å². The van der Waals surface area contributed by atoms with Crippen LogP contribution in [0.25, 0.3) is 0 Å². The number of aliphatic carboxylic acids is 1. The first-order valence-corrected chi connectivity index (χ1v) is 14.4. The van der Waals surface area contributed by atoms with Gasteiger partial charge in [0, 0.05) is 53.5 Å². The van der Waals surface area contributed by atoms with Gasteiger partial charge < -0.3 is 15.2 Å². The molecule has 0 bridgehead atoms. The lowest BCUT2D eigenvalue weighted by Gasteiger charge is -2.31. The van der Waals surface area contributed by atoms with E-state index >= 15 is 8.78 Å². The number of rotatable bonds is 9. The fourth-order valence-corrected chi connectivity index (χ4v) is 6.69. The minimum absolute atomic E-state index is 0.0148. The number of carbonyl (C=O) groups is 2. The van der Waals surface area contributed by atoms with Crippen molar-refractivity contribution in [2.24, 2.45) is 10.9 Å². The number of carboxylic acid groups (broad SMARTS) is 1. The summed E-state index contributed by atoms with van der Waals surface area (Å²) in [6.45, 7) is 2.92. The van der Waals surface area contributed by atoms with Gasteiger partial charge in [-0.25, -0.2) is 22.9 Å². The second kappa shape index (κ2) is 11.7. The Bertz CT molecular complexity index is 1390. The Kier molecular flexibility index (Phi) is 8.42. The highest BCUT2D eigenvalue weighted by Crippen LogP contribution is 2.43. The summed E-state index contributed by atoms with van der Waals surface area (Å²) < 4.78 is 50.2. The van der Waals surface area contributed by atoms with Gasteiger partial charge in [-0.2, -0.15) is 0 Å². The quantitative estimate of drug-likeness (QED) is 0.411. The number of nitrogens with one attached hydrogen (secondary N) is 1. The molecule has 2 aromatic rings. The fourth-order valence-electron chi connectivity index (χ4n) is 5.83. The Morgan fingerprint density at radius 3 is 2.78 bits per heavy atom. The van der Waals surface area contributed by atoms with Gasteiger partial charge in [-0.3, -0.25) is 19.6 Å². The van der Waals surface area contributed by atoms with Crippen molar-refractivity contribution in [3.8, 4) is 0 Å². The fraction of sp³-hybridized carbons (Fsp3) is 0.481. The van der Waals surface area contributed by atoms with E-state index in [1.807, 2.05) is 0 Å². The average molecular weight is 612 g/mol. The predicted molar refractivity (Wildman–Crippen MR) is 147 cm³/mol. The zero-order chi connectivity index (χ0) is 29.5. The van der Waals surface area contributed by atoms with Crippen LogP contribution in [0.5, 0.6) is 0 Å². The van der Waals surface area contributed by atoms with Crippen LogP contribution >= 0.6 is 22.9 Å². The summed E-state index contributed by atoms with van der Waals surface area (Å²) in [6, 6.07) is 1.03. The molecule has 0 radical (unpaired) electrons. The molecule has 3 aliphatic heterocycles. The molecule has 4 heterocycles. The number of carboxylic acids is 1. The number of halogens is 4. The maximum absolute atomic E-state index is 15.5. The Hall–Kier alpha value is -3.00. The van der Waals surface area contributed by atoms with Crippen molar-refractivity contribution in [1.29, 1.82) is 0 Å². The second-order valence-corrected chi connectivity index (χ2v) is 11.6. The van der Waals surface area contributed by atoms with Crippen molar-refractivity contribution in [3.63, 3.8) is 0 Å². The molecule has 2 fully saturated rings. The van der Waals surface area contributed by atoms with Crippen LogP contribution in [-0.4, -0.2) is 88.5 Å². The molecule has 0 amide bonds. The molecule has 2 saturated heterocycles. The van der Waals surface area contributed by atoms with Gasteiger partial charge in [0.25, 0.3) is 5.92 Å². The minimum atomic E-state index is -3.11. The minimum Gasteiger partial charge on any atom is -0.481 e. The van der Waals surface area contributed by atoms with E-state index < -0.39 is 54.3 Å². The summed E-state index contributed by atoms with van der Waals surface area (Å²) in [5, 5.41) is 14.8. The first kappa shape index (κ1) is 29.5. The van der Waals surface area contributed by atoms with Gasteiger partial charge in [-0.15, -0.1) is 11.3 Å². The van der Waals surface area contributed by atoms with Crippen molar-refractivity contribution >= 4 is 40.7 Å². The normalized spacial score (nSPS) is 25.0. The van der Waals surface area contributed by atoms with Gasteiger partial charge in [0.15, 0.2) is 10.8 Å². The summed E-state index contributed by atoms with van der Waals surface area (Å²) in [5.74, 6) is -5.89. The highest BCUT2D eigenvalue weighted by Gasteiger charge is 2.59. The number of alkyl halides is 2. The number of aliphatic imine (C=N–C) groups is 1. The Labute approximate surface area is 243 Å². The molecular formula is C27H29ClF3N5O4S. The molecule has 2 N–H and O–H groups in total. The number of hydrogen-bond acceptors (Lipinski definition) is 9. The van der Waals surface area contributed by atoms with E-state index in [-0.39, 0.29) is 30.3 Å². The smallest absolute Gasteiger partial charge is 0.338 e. The molecule has 5 rings (SSSR count). The third kappa shape index (κ3) is 5.85. The molecule has 0 spiro atoms. The van der Waals surface area contributed by atoms with E-state index in [4.69, 9.17) is 21.3 Å². The lowest BCUT2D eigenvalue weighted by Crippen LogP contribution is -2.47. The number of nitrogens with zero attached hydrogens (tertiary/aromatic N) is 4. The number of fused-ring (bicyclic) bond motifs is 1. The second-order valence-electron chi connectivity index (χ2n) is 10.3. The molecular weight excluding hydrogens is 583 g/mol. The van der Waals surface area contributed by atoms with Crippen LogP contribution in [0.3, 0.4) is 0 Å². The number of amidine groups is 1. The SMILES string of the molecule is CCOC(=O)C1=C(CN2CC(F)(F)[C@H]3[C@@H]2CCN3CC(C)C(=O)O)NC(c2nccs2)=NC1c1ccc(F)cc1Cl. The number of aromatic nitrogens is 1. The van der Waals surface area contributed by atoms with Crippen LogP contribution in [0.2, 0.25) is 5.02 Å². The van der Waals surface area contributed by atoms with Crippen LogP contribution in [0.15, 0.2) is 46.0 Å². The predicted octanol–water partition coefficient (Wildman–Crippen LogP) is 3.96. The third-order valence-corrected chi connectivity index (χ3v) is 8.70. The van der Waals surface area contributed by atoms with Crippen molar-refractivity contribution in [1.82, 2.24) is 20.1 Å². The van der Waals surface area contributed by atoms with Crippen molar-refractivity contribution in [3.05, 3.63) is 62.5 Å². The monoisotopic (exact) mass is 611 g/mol. The molecule has 1 aromatic carbocycles. The first-order chi connectivity index (χ1) is 19.5. The summed E-state index contributed by atoms with van der Waals surface area (Å²) in [6.07, 6.45) is 2.00. The lowest BCUT2D eigenvalue weighted by atomic mass is 9.95. The van der Waals surface area contributed by atoms with Gasteiger partial charge in [0.2, 0.25) is 0 Å². The molecule has 0 aliphatic carbocycles. The molecule has 220 valence electrons. The Morgan fingerprint density at radius 2 is 2.12 bits per heavy atom. The van der Waals surface area contributed by atoms with Crippen LogP contribution < -0.4 is 5.32 Å². The summed E-state index contributed by atoms with van der Waals surface area (Å²) in [7, 11) is 0. The molecule has 41 heavy (non-hydrogen) atoms. The van der Waals surface area contributed by atoms with Crippen LogP contribution in [0.1, 0.15) is 36.9 Å². The zero-order valence-electron chi connectivity index (χ0n) is 22.3. The molecule has 0 saturated carbocycles. The van der Waals surface area contributed by atoms with E-state index in [0.29, 0.717) is 35.1 Å². The molecule has 3 aliphatic rings. The number of thiazole rings is 1. The number of hydrogen-bond donors (Lipinski definition) is 2. The lowest BCUT2D eigenvalue weighted by molar-refractivity contribution is -0.142. The van der Waals surface area contributed by atoms with Gasteiger partial charge in [0.05, 0.1) is 30.7 Å². The van der Waals surface area contributed by atoms with Gasteiger partial charge >= 0.3 is 11.9 Å². The van der Waals surface area contributed by atoms with Crippen LogP contribution in [-0.2, 0) is 14.3 Å². The summed E-state index contributed by atoms with van der Waals surface area (Å²) >= 11 is 7.71. The number of likely N-dealkylation sites (tertiary alicyclic amines) is 2. The summed E-state index contributed by atoms with van der Waals surface area (Å²) in [5.41, 5.74) is 0.744. The van der Waals surface area contributed by atoms with Crippen molar-refractivity contribution in [2.75, 3.05) is 32.8 Å². The van der Waals surface area contributed by atoms with Crippen molar-refractivity contribution < 1.29 is 32.6 Å². The maximum Gasteiger partial charge on any atom is 0.338 e. The number of esters is 1. The van der Waals surface area contributed by atoms with Gasteiger partial charge in [-0.05, 0) is 25.5 Å². The van der Waals surface area contributed by atoms with Gasteiger partial charge in [-0.1, -0.05) is 24.6 Å². The zero-order valence-corrected chi connectivity index (χ0v) is 23.9. The van der Waals surface area contributed by atoms with E-state index in [0.717, 1.165) is 6.07 Å². The number of benzene rings is 1. The highest BCUT2D eigenvalue weighted by atomic mass is 35.5. The third-order valence-electron chi connectivity index (χ3n) is 7.59. The number of carbonyl (C=O) groups excluding carboxylic acids is 1. The van der Waals surface area contributed by atoms with E-state index in [2.05, 4.69) is 10.3 Å². The van der Waals surface area contributed by atoms with E-state index in [9.17, 15) is 19.1 Å². The first-order valence-electron chi connectivity index (χ1n) is 13.2.